The highest BCUT2D eigenvalue weighted by Crippen LogP contribution is 2.34. The van der Waals surface area contributed by atoms with Crippen LogP contribution in [-0.4, -0.2) is 43.4 Å². The molecule has 9 heteroatoms. The van der Waals surface area contributed by atoms with Gasteiger partial charge in [-0.05, 0) is 67.6 Å². The largest absolute Gasteiger partial charge is 0.497 e. The Kier molecular flexibility index (Phi) is 7.29. The Labute approximate surface area is 208 Å². The number of carbonyl (C=O) groups is 4. The zero-order chi connectivity index (χ0) is 25.7. The Hall–Kier alpha value is -4.66. The number of anilines is 3. The van der Waals surface area contributed by atoms with Gasteiger partial charge in [0.05, 0.1) is 37.1 Å². The molecule has 3 aromatic carbocycles. The summed E-state index contributed by atoms with van der Waals surface area (Å²) in [5.74, 6) is -1.22. The fraction of sp³-hybridized carbons (Fsp3) is 0.185. The van der Waals surface area contributed by atoms with Crippen LogP contribution in [0.1, 0.15) is 34.1 Å². The third-order valence-corrected chi connectivity index (χ3v) is 5.65. The minimum absolute atomic E-state index is 0.260. The molecule has 2 N–H and O–H groups in total. The van der Waals surface area contributed by atoms with E-state index in [0.717, 1.165) is 0 Å². The summed E-state index contributed by atoms with van der Waals surface area (Å²) in [5, 5.41) is 5.50. The van der Waals surface area contributed by atoms with Crippen LogP contribution in [0.5, 0.6) is 5.75 Å². The molecule has 3 aromatic rings. The molecule has 0 saturated carbocycles. The molecule has 9 nitrogen and oxygen atoms in total. The average molecular weight is 488 g/mol. The Bertz CT molecular complexity index is 1290. The van der Waals surface area contributed by atoms with E-state index in [1.807, 2.05) is 0 Å². The van der Waals surface area contributed by atoms with Gasteiger partial charge in [-0.2, -0.15) is 0 Å². The lowest BCUT2D eigenvalue weighted by molar-refractivity contribution is -0.122. The molecule has 0 bridgehead atoms. The van der Waals surface area contributed by atoms with E-state index in [1.54, 1.807) is 67.6 Å². The monoisotopic (exact) mass is 487 g/mol. The van der Waals surface area contributed by atoms with E-state index in [9.17, 15) is 19.2 Å². The van der Waals surface area contributed by atoms with Crippen LogP contribution >= 0.6 is 0 Å². The first-order valence-electron chi connectivity index (χ1n) is 11.4. The number of benzene rings is 3. The Balaban J connectivity index is 1.56. The van der Waals surface area contributed by atoms with Crippen molar-refractivity contribution in [2.75, 3.05) is 29.3 Å². The Morgan fingerprint density at radius 1 is 0.944 bits per heavy atom. The fourth-order valence-electron chi connectivity index (χ4n) is 3.89. The number of fused-ring (bicyclic) bond motifs is 1. The molecule has 0 fully saturated rings. The van der Waals surface area contributed by atoms with Crippen LogP contribution in [-0.2, 0) is 14.3 Å². The molecule has 0 radical (unpaired) electrons. The molecule has 0 spiro atoms. The number of hydrogen-bond donors (Lipinski definition) is 2. The van der Waals surface area contributed by atoms with Crippen LogP contribution < -0.4 is 20.3 Å². The van der Waals surface area contributed by atoms with Crippen LogP contribution in [0.4, 0.5) is 17.1 Å². The molecule has 0 saturated heterocycles. The SMILES string of the molecule is CCOC(=O)c1ccc(NC(=O)C[C@H]2C(=O)Nc3ccccc3N2C(=O)c2ccc(OC)cc2)cc1. The van der Waals surface area contributed by atoms with Crippen molar-refractivity contribution in [2.24, 2.45) is 0 Å². The highest BCUT2D eigenvalue weighted by atomic mass is 16.5. The minimum Gasteiger partial charge on any atom is -0.497 e. The van der Waals surface area contributed by atoms with Crippen molar-refractivity contribution in [2.45, 2.75) is 19.4 Å². The second-order valence-electron chi connectivity index (χ2n) is 7.98. The summed E-state index contributed by atoms with van der Waals surface area (Å²) in [7, 11) is 1.53. The minimum atomic E-state index is -1.08. The van der Waals surface area contributed by atoms with Gasteiger partial charge in [-0.1, -0.05) is 12.1 Å². The number of ether oxygens (including phenoxy) is 2. The molecule has 184 valence electrons. The maximum absolute atomic E-state index is 13.5. The fourth-order valence-corrected chi connectivity index (χ4v) is 3.89. The predicted octanol–water partition coefficient (Wildman–Crippen LogP) is 3.87. The summed E-state index contributed by atoms with van der Waals surface area (Å²) in [6, 6.07) is 18.6. The van der Waals surface area contributed by atoms with Crippen LogP contribution in [0.15, 0.2) is 72.8 Å². The highest BCUT2D eigenvalue weighted by molar-refractivity contribution is 6.17. The summed E-state index contributed by atoms with van der Waals surface area (Å²) in [5.41, 5.74) is 2.12. The number of nitrogens with zero attached hydrogens (tertiary/aromatic N) is 1. The summed E-state index contributed by atoms with van der Waals surface area (Å²) in [6.07, 6.45) is -0.276. The topological polar surface area (TPSA) is 114 Å². The van der Waals surface area contributed by atoms with E-state index in [0.29, 0.717) is 33.9 Å². The van der Waals surface area contributed by atoms with Crippen molar-refractivity contribution < 1.29 is 28.7 Å². The number of carbonyl (C=O) groups excluding carboxylic acids is 4. The highest BCUT2D eigenvalue weighted by Gasteiger charge is 2.38. The second-order valence-corrected chi connectivity index (χ2v) is 7.98. The predicted molar refractivity (Wildman–Crippen MR) is 134 cm³/mol. The van der Waals surface area contributed by atoms with E-state index in [-0.39, 0.29) is 13.0 Å². The maximum Gasteiger partial charge on any atom is 0.338 e. The maximum atomic E-state index is 13.5. The zero-order valence-corrected chi connectivity index (χ0v) is 19.8. The first-order chi connectivity index (χ1) is 17.4. The van der Waals surface area contributed by atoms with Gasteiger partial charge in [0.25, 0.3) is 5.91 Å². The Morgan fingerprint density at radius 2 is 1.61 bits per heavy atom. The molecule has 0 aromatic heterocycles. The van der Waals surface area contributed by atoms with E-state index in [1.165, 1.54) is 24.1 Å². The first-order valence-corrected chi connectivity index (χ1v) is 11.4. The van der Waals surface area contributed by atoms with E-state index >= 15 is 0 Å². The number of esters is 1. The van der Waals surface area contributed by atoms with Gasteiger partial charge >= 0.3 is 5.97 Å². The molecule has 1 aliphatic heterocycles. The van der Waals surface area contributed by atoms with Gasteiger partial charge in [0.1, 0.15) is 11.8 Å². The number of nitrogens with one attached hydrogen (secondary N) is 2. The lowest BCUT2D eigenvalue weighted by Gasteiger charge is -2.36. The number of methoxy groups -OCH3 is 1. The molecule has 1 aliphatic rings. The number of rotatable bonds is 7. The lowest BCUT2D eigenvalue weighted by atomic mass is 10.0. The van der Waals surface area contributed by atoms with Crippen LogP contribution in [0.25, 0.3) is 0 Å². The molecule has 1 heterocycles. The molecular formula is C27H25N3O6. The molecule has 36 heavy (non-hydrogen) atoms. The van der Waals surface area contributed by atoms with Gasteiger partial charge in [-0.3, -0.25) is 19.3 Å². The van der Waals surface area contributed by atoms with Crippen molar-refractivity contribution in [3.05, 3.63) is 83.9 Å². The van der Waals surface area contributed by atoms with E-state index in [4.69, 9.17) is 9.47 Å². The van der Waals surface area contributed by atoms with Crippen molar-refractivity contribution in [3.63, 3.8) is 0 Å². The third kappa shape index (κ3) is 5.20. The molecule has 3 amide bonds. The van der Waals surface area contributed by atoms with Gasteiger partial charge in [0.15, 0.2) is 0 Å². The van der Waals surface area contributed by atoms with Crippen molar-refractivity contribution in [1.82, 2.24) is 0 Å². The lowest BCUT2D eigenvalue weighted by Crippen LogP contribution is -2.52. The molecule has 4 rings (SSSR count). The second kappa shape index (κ2) is 10.7. The van der Waals surface area contributed by atoms with Gasteiger partial charge in [-0.15, -0.1) is 0 Å². The van der Waals surface area contributed by atoms with E-state index < -0.39 is 29.7 Å². The van der Waals surface area contributed by atoms with Crippen molar-refractivity contribution in [1.29, 1.82) is 0 Å². The number of amides is 3. The first kappa shape index (κ1) is 24.5. The molecule has 0 unspecified atom stereocenters. The van der Waals surface area contributed by atoms with Gasteiger partial charge in [-0.25, -0.2) is 4.79 Å². The van der Waals surface area contributed by atoms with Gasteiger partial charge in [0, 0.05) is 11.3 Å². The van der Waals surface area contributed by atoms with Gasteiger partial charge in [0.2, 0.25) is 11.8 Å². The quantitative estimate of drug-likeness (QED) is 0.489. The average Bonchev–Trinajstić information content (AvgIpc) is 2.89. The smallest absolute Gasteiger partial charge is 0.338 e. The summed E-state index contributed by atoms with van der Waals surface area (Å²) in [4.78, 5) is 52.6. The van der Waals surface area contributed by atoms with Crippen LogP contribution in [0.2, 0.25) is 0 Å². The number of para-hydroxylation sites is 2. The summed E-state index contributed by atoms with van der Waals surface area (Å²) < 4.78 is 10.1. The third-order valence-electron chi connectivity index (χ3n) is 5.65. The normalized spacial score (nSPS) is 14.3. The standard InChI is InChI=1S/C27H25N3O6/c1-3-36-27(34)18-8-12-19(13-9-18)28-24(31)16-23-25(32)29-21-6-4-5-7-22(21)30(23)26(33)17-10-14-20(35-2)15-11-17/h4-15,23H,3,16H2,1-2H3,(H,28,31)(H,29,32)/t23-/m0/s1. The molecule has 0 aliphatic carbocycles. The zero-order valence-electron chi connectivity index (χ0n) is 19.8. The molecule has 1 atom stereocenters. The summed E-state index contributed by atoms with van der Waals surface area (Å²) in [6.45, 7) is 1.98. The number of hydrogen-bond acceptors (Lipinski definition) is 6. The van der Waals surface area contributed by atoms with Crippen molar-refractivity contribution >= 4 is 40.8 Å². The van der Waals surface area contributed by atoms with Crippen LogP contribution in [0.3, 0.4) is 0 Å². The van der Waals surface area contributed by atoms with Crippen molar-refractivity contribution in [3.8, 4) is 5.75 Å². The molecular weight excluding hydrogens is 462 g/mol. The van der Waals surface area contributed by atoms with E-state index in [2.05, 4.69) is 10.6 Å². The van der Waals surface area contributed by atoms with Crippen LogP contribution in [0, 0.1) is 0 Å². The Morgan fingerprint density at radius 3 is 2.28 bits per heavy atom. The summed E-state index contributed by atoms with van der Waals surface area (Å²) >= 11 is 0. The van der Waals surface area contributed by atoms with Gasteiger partial charge < -0.3 is 20.1 Å².